The van der Waals surface area contributed by atoms with Crippen LogP contribution in [-0.4, -0.2) is 52.3 Å². The predicted molar refractivity (Wildman–Crippen MR) is 72.0 cm³/mol. The van der Waals surface area contributed by atoms with Crippen LogP contribution in [-0.2, 0) is 9.59 Å². The number of hydrogen-bond donors (Lipinski definition) is 1. The molecule has 0 aromatic rings. The molecule has 0 saturated carbocycles. The fraction of sp³-hybridized carbons (Fsp3) is 0.750. The Bertz CT molecular complexity index is 372. The van der Waals surface area contributed by atoms with E-state index in [0.717, 1.165) is 32.2 Å². The zero-order chi connectivity index (χ0) is 13.1. The Balaban J connectivity index is 1.84. The zero-order valence-corrected chi connectivity index (χ0v) is 11.2. The lowest BCUT2D eigenvalue weighted by atomic mass is 10.1. The minimum Gasteiger partial charge on any atom is -0.393 e. The van der Waals surface area contributed by atoms with Crippen molar-refractivity contribution in [2.45, 2.75) is 38.1 Å². The maximum absolute atomic E-state index is 12.2. The molecule has 2 aliphatic rings. The van der Waals surface area contributed by atoms with Gasteiger partial charge >= 0.3 is 0 Å². The van der Waals surface area contributed by atoms with E-state index in [-0.39, 0.29) is 24.4 Å². The lowest BCUT2D eigenvalue weighted by Gasteiger charge is -2.36. The molecule has 0 aromatic carbocycles. The van der Waals surface area contributed by atoms with Gasteiger partial charge in [-0.25, -0.2) is 0 Å². The minimum atomic E-state index is -0.193. The van der Waals surface area contributed by atoms with Gasteiger partial charge in [0, 0.05) is 13.1 Å². The van der Waals surface area contributed by atoms with Crippen LogP contribution in [0.15, 0.2) is 0 Å². The molecule has 2 rings (SSSR count). The van der Waals surface area contributed by atoms with E-state index in [4.69, 9.17) is 18.0 Å². The molecule has 2 amide bonds. The minimum absolute atomic E-state index is 0.0893. The topological polar surface area (TPSA) is 66.6 Å². The average molecular weight is 269 g/mol. The first-order valence-corrected chi connectivity index (χ1v) is 6.87. The molecule has 0 bridgehead atoms. The average Bonchev–Trinajstić information content (AvgIpc) is 2.80. The van der Waals surface area contributed by atoms with E-state index in [2.05, 4.69) is 0 Å². The molecule has 0 aromatic heterocycles. The van der Waals surface area contributed by atoms with Gasteiger partial charge in [-0.3, -0.25) is 9.59 Å². The van der Waals surface area contributed by atoms with Gasteiger partial charge in [0.2, 0.25) is 11.8 Å². The molecule has 1 atom stereocenters. The molecule has 2 fully saturated rings. The summed E-state index contributed by atoms with van der Waals surface area (Å²) >= 11 is 4.80. The molecule has 6 heteroatoms. The van der Waals surface area contributed by atoms with E-state index in [1.807, 2.05) is 0 Å². The van der Waals surface area contributed by atoms with Crippen molar-refractivity contribution in [3.8, 4) is 0 Å². The van der Waals surface area contributed by atoms with E-state index in [1.165, 1.54) is 0 Å². The zero-order valence-electron chi connectivity index (χ0n) is 10.4. The van der Waals surface area contributed by atoms with Gasteiger partial charge in [-0.2, -0.15) is 0 Å². The Labute approximate surface area is 112 Å². The number of unbranched alkanes of at least 4 members (excludes halogenated alkanes) is 1. The number of piperazine rings is 1. The Morgan fingerprint density at radius 3 is 2.89 bits per heavy atom. The van der Waals surface area contributed by atoms with E-state index in [9.17, 15) is 9.59 Å². The van der Waals surface area contributed by atoms with Crippen molar-refractivity contribution in [3.63, 3.8) is 0 Å². The van der Waals surface area contributed by atoms with Crippen LogP contribution < -0.4 is 5.73 Å². The third kappa shape index (κ3) is 2.80. The van der Waals surface area contributed by atoms with Crippen molar-refractivity contribution < 1.29 is 9.59 Å². The molecular weight excluding hydrogens is 250 g/mol. The number of nitrogens with two attached hydrogens (primary N) is 1. The lowest BCUT2D eigenvalue weighted by molar-refractivity contribution is -0.153. The van der Waals surface area contributed by atoms with Crippen LogP contribution >= 0.6 is 12.2 Å². The van der Waals surface area contributed by atoms with Crippen molar-refractivity contribution in [1.82, 2.24) is 9.80 Å². The molecule has 5 nitrogen and oxygen atoms in total. The summed E-state index contributed by atoms with van der Waals surface area (Å²) in [5, 5.41) is 0. The van der Waals surface area contributed by atoms with E-state index >= 15 is 0 Å². The largest absolute Gasteiger partial charge is 0.393 e. The normalized spacial score (nSPS) is 23.4. The summed E-state index contributed by atoms with van der Waals surface area (Å²) in [7, 11) is 0. The first-order valence-electron chi connectivity index (χ1n) is 6.46. The highest BCUT2D eigenvalue weighted by Gasteiger charge is 2.41. The van der Waals surface area contributed by atoms with E-state index in [1.54, 1.807) is 9.80 Å². The van der Waals surface area contributed by atoms with Crippen LogP contribution in [0.25, 0.3) is 0 Å². The van der Waals surface area contributed by atoms with Crippen molar-refractivity contribution in [2.75, 3.05) is 19.6 Å². The summed E-state index contributed by atoms with van der Waals surface area (Å²) in [6, 6.07) is -0.193. The highest BCUT2D eigenvalue weighted by molar-refractivity contribution is 7.80. The Morgan fingerprint density at radius 1 is 1.39 bits per heavy atom. The summed E-state index contributed by atoms with van der Waals surface area (Å²) < 4.78 is 0. The number of carbonyl (C=O) groups excluding carboxylic acids is 2. The van der Waals surface area contributed by atoms with Gasteiger partial charge in [-0.1, -0.05) is 12.2 Å². The summed E-state index contributed by atoms with van der Waals surface area (Å²) in [6.07, 6.45) is 4.19. The van der Waals surface area contributed by atoms with Gasteiger partial charge in [-0.15, -0.1) is 0 Å². The second-order valence-corrected chi connectivity index (χ2v) is 5.45. The lowest BCUT2D eigenvalue weighted by Crippen LogP contribution is -2.57. The van der Waals surface area contributed by atoms with Crippen LogP contribution in [0.2, 0.25) is 0 Å². The highest BCUT2D eigenvalue weighted by Crippen LogP contribution is 2.23. The Morgan fingerprint density at radius 2 is 2.17 bits per heavy atom. The van der Waals surface area contributed by atoms with E-state index < -0.39 is 0 Å². The van der Waals surface area contributed by atoms with Gasteiger partial charge in [0.05, 0.1) is 11.5 Å². The number of amides is 2. The van der Waals surface area contributed by atoms with Crippen molar-refractivity contribution in [1.29, 1.82) is 0 Å². The number of nitrogens with zero attached hydrogens (tertiary/aromatic N) is 2. The molecule has 2 heterocycles. The van der Waals surface area contributed by atoms with Gasteiger partial charge in [0.1, 0.15) is 6.04 Å². The second-order valence-electron chi connectivity index (χ2n) is 4.93. The van der Waals surface area contributed by atoms with Gasteiger partial charge < -0.3 is 15.5 Å². The first-order chi connectivity index (χ1) is 8.59. The van der Waals surface area contributed by atoms with Gasteiger partial charge in [0.25, 0.3) is 0 Å². The van der Waals surface area contributed by atoms with Crippen LogP contribution in [0, 0.1) is 0 Å². The maximum atomic E-state index is 12.2. The molecule has 2 N–H and O–H groups in total. The van der Waals surface area contributed by atoms with Gasteiger partial charge in [-0.05, 0) is 32.1 Å². The monoisotopic (exact) mass is 269 g/mol. The molecule has 100 valence electrons. The molecule has 0 radical (unpaired) electrons. The van der Waals surface area contributed by atoms with Crippen molar-refractivity contribution in [2.24, 2.45) is 5.73 Å². The SMILES string of the molecule is NC(=S)CCCCN1CC(=O)N2CCCC2C1=O. The van der Waals surface area contributed by atoms with Crippen molar-refractivity contribution >= 4 is 29.0 Å². The third-order valence-corrected chi connectivity index (χ3v) is 3.80. The van der Waals surface area contributed by atoms with E-state index in [0.29, 0.717) is 18.0 Å². The number of hydrogen-bond acceptors (Lipinski definition) is 3. The Kier molecular flexibility index (Phi) is 4.16. The molecule has 2 saturated heterocycles. The fourth-order valence-electron chi connectivity index (χ4n) is 2.66. The summed E-state index contributed by atoms with van der Waals surface area (Å²) in [6.45, 7) is 1.62. The van der Waals surface area contributed by atoms with Crippen LogP contribution in [0.3, 0.4) is 0 Å². The van der Waals surface area contributed by atoms with Crippen LogP contribution in [0.4, 0.5) is 0 Å². The molecule has 0 spiro atoms. The number of rotatable bonds is 5. The highest BCUT2D eigenvalue weighted by atomic mass is 32.1. The molecule has 0 aliphatic carbocycles. The summed E-state index contributed by atoms with van der Waals surface area (Å²) in [4.78, 5) is 28.0. The number of fused-ring (bicyclic) bond motifs is 1. The second kappa shape index (κ2) is 5.65. The molecular formula is C12H19N3O2S. The third-order valence-electron chi connectivity index (χ3n) is 3.60. The quantitative estimate of drug-likeness (QED) is 0.575. The number of carbonyl (C=O) groups is 2. The summed E-state index contributed by atoms with van der Waals surface area (Å²) in [5.74, 6) is 0.203. The molecule has 1 unspecified atom stereocenters. The standard InChI is InChI=1S/C12H19N3O2S/c13-10(18)5-1-2-6-14-8-11(16)15-7-3-4-9(15)12(14)17/h9H,1-8H2,(H2,13,18). The fourth-order valence-corrected chi connectivity index (χ4v) is 2.80. The van der Waals surface area contributed by atoms with Crippen LogP contribution in [0.1, 0.15) is 32.1 Å². The molecule has 18 heavy (non-hydrogen) atoms. The van der Waals surface area contributed by atoms with Crippen molar-refractivity contribution in [3.05, 3.63) is 0 Å². The maximum Gasteiger partial charge on any atom is 0.245 e. The first kappa shape index (κ1) is 13.3. The Hall–Kier alpha value is -1.17. The summed E-state index contributed by atoms with van der Waals surface area (Å²) in [5.41, 5.74) is 5.42. The molecule has 2 aliphatic heterocycles. The van der Waals surface area contributed by atoms with Crippen LogP contribution in [0.5, 0.6) is 0 Å². The smallest absolute Gasteiger partial charge is 0.245 e. The van der Waals surface area contributed by atoms with Gasteiger partial charge in [0.15, 0.2) is 0 Å². The number of thiocarbonyl (C=S) groups is 1. The predicted octanol–water partition coefficient (Wildman–Crippen LogP) is 0.276.